The van der Waals surface area contributed by atoms with Crippen molar-refractivity contribution in [3.63, 3.8) is 0 Å². The van der Waals surface area contributed by atoms with Crippen molar-refractivity contribution in [2.75, 3.05) is 6.54 Å². The lowest BCUT2D eigenvalue weighted by Crippen LogP contribution is -2.51. The Balaban J connectivity index is 1.73. The molecule has 0 radical (unpaired) electrons. The second kappa shape index (κ2) is 13.2. The van der Waals surface area contributed by atoms with Crippen molar-refractivity contribution in [1.29, 1.82) is 0 Å². The molecule has 1 atom stereocenters. The molecule has 8 heteroatoms. The number of amides is 2. The monoisotopic (exact) mass is 605 g/mol. The zero-order valence-electron chi connectivity index (χ0n) is 27.1. The molecule has 2 amide bonds. The van der Waals surface area contributed by atoms with Crippen LogP contribution in [0.25, 0.3) is 0 Å². The van der Waals surface area contributed by atoms with Crippen LogP contribution in [0.4, 0.5) is 4.39 Å². The Kier molecular flexibility index (Phi) is 10.0. The number of nitrogens with zero attached hydrogens (tertiary/aromatic N) is 2. The van der Waals surface area contributed by atoms with Crippen LogP contribution in [0.15, 0.2) is 53.5 Å². The molecule has 1 saturated carbocycles. The van der Waals surface area contributed by atoms with Gasteiger partial charge in [0.25, 0.3) is 11.8 Å². The quantitative estimate of drug-likeness (QED) is 0.276. The lowest BCUT2D eigenvalue weighted by Gasteiger charge is -2.48. The minimum atomic E-state index is -0.973. The average Bonchev–Trinajstić information content (AvgIpc) is 3.24. The van der Waals surface area contributed by atoms with Crippen LogP contribution in [0.5, 0.6) is 0 Å². The Hall–Kier alpha value is -3.55. The number of rotatable bonds is 11. The van der Waals surface area contributed by atoms with Crippen LogP contribution >= 0.6 is 0 Å². The number of hydrogen-bond acceptors (Lipinski definition) is 4. The first-order chi connectivity index (χ1) is 20.7. The number of nitrogens with one attached hydrogen (secondary N) is 1. The van der Waals surface area contributed by atoms with Crippen LogP contribution < -0.4 is 5.32 Å². The average molecular weight is 606 g/mol. The minimum Gasteiger partial charge on any atom is -0.481 e. The van der Waals surface area contributed by atoms with Gasteiger partial charge in [-0.3, -0.25) is 19.4 Å². The molecule has 0 aromatic heterocycles. The topological polar surface area (TPSA) is 99.1 Å². The van der Waals surface area contributed by atoms with E-state index in [1.807, 2.05) is 17.0 Å². The zero-order valence-corrected chi connectivity index (χ0v) is 27.1. The predicted molar refractivity (Wildman–Crippen MR) is 171 cm³/mol. The van der Waals surface area contributed by atoms with Crippen molar-refractivity contribution < 1.29 is 23.9 Å². The first-order valence-corrected chi connectivity index (χ1v) is 16.0. The van der Waals surface area contributed by atoms with Crippen LogP contribution in [-0.2, 0) is 9.59 Å². The maximum Gasteiger partial charge on any atom is 0.305 e. The molecular formula is C36H48FN3O4. The van der Waals surface area contributed by atoms with Gasteiger partial charge in [0.05, 0.1) is 12.5 Å². The van der Waals surface area contributed by atoms with Crippen LogP contribution in [0, 0.1) is 22.6 Å². The first kappa shape index (κ1) is 33.3. The smallest absolute Gasteiger partial charge is 0.305 e. The highest BCUT2D eigenvalue weighted by atomic mass is 19.1. The first-order valence-electron chi connectivity index (χ1n) is 16.0. The standard InChI is InChI=1S/C36H48FN3O4/c1-7-35(5,6)27-15-20-36(21-16-27)39-31(26-9-8-10-28(37)23-26)33(44)40(36)29(17-19-34(2,3)4)24-11-13-25(14-12-24)32(43)38-22-18-30(41)42/h8-14,23,27,29H,7,15-22H2,1-6H3,(H,38,43)(H,41,42)/t27?,29-,36?/m1/s1. The molecule has 44 heavy (non-hydrogen) atoms. The summed E-state index contributed by atoms with van der Waals surface area (Å²) in [5, 5.41) is 11.5. The van der Waals surface area contributed by atoms with Crippen molar-refractivity contribution in [3.05, 3.63) is 71.0 Å². The summed E-state index contributed by atoms with van der Waals surface area (Å²) in [5.41, 5.74) is 1.63. The van der Waals surface area contributed by atoms with E-state index >= 15 is 0 Å². The van der Waals surface area contributed by atoms with Gasteiger partial charge in [-0.1, -0.05) is 72.2 Å². The predicted octanol–water partition coefficient (Wildman–Crippen LogP) is 7.55. The Bertz CT molecular complexity index is 1380. The molecule has 1 aliphatic heterocycles. The Labute approximate surface area is 261 Å². The van der Waals surface area contributed by atoms with Gasteiger partial charge in [0.15, 0.2) is 0 Å². The van der Waals surface area contributed by atoms with Crippen LogP contribution in [0.1, 0.15) is 120 Å². The number of carboxylic acids is 1. The van der Waals surface area contributed by atoms with Gasteiger partial charge in [-0.15, -0.1) is 0 Å². The highest BCUT2D eigenvalue weighted by molar-refractivity contribution is 6.46. The number of carbonyl (C=O) groups is 3. The Morgan fingerprint density at radius 2 is 1.75 bits per heavy atom. The summed E-state index contributed by atoms with van der Waals surface area (Å²) in [5.74, 6) is -1.38. The maximum absolute atomic E-state index is 14.5. The third-order valence-electron chi connectivity index (χ3n) is 9.75. The molecule has 238 valence electrons. The summed E-state index contributed by atoms with van der Waals surface area (Å²) in [4.78, 5) is 45.2. The minimum absolute atomic E-state index is 0.0210. The summed E-state index contributed by atoms with van der Waals surface area (Å²) >= 11 is 0. The van der Waals surface area contributed by atoms with E-state index in [2.05, 4.69) is 46.9 Å². The van der Waals surface area contributed by atoms with Gasteiger partial charge in [-0.2, -0.15) is 0 Å². The molecule has 1 heterocycles. The molecule has 1 spiro atoms. The third kappa shape index (κ3) is 7.56. The molecule has 2 aliphatic rings. The van der Waals surface area contributed by atoms with E-state index in [4.69, 9.17) is 10.1 Å². The number of benzene rings is 2. The molecule has 1 fully saturated rings. The van der Waals surface area contributed by atoms with Crippen LogP contribution in [0.2, 0.25) is 0 Å². The fraction of sp³-hybridized carbons (Fsp3) is 0.556. The van der Waals surface area contributed by atoms with Gasteiger partial charge in [0.1, 0.15) is 17.2 Å². The number of carbonyl (C=O) groups excluding carboxylic acids is 2. The summed E-state index contributed by atoms with van der Waals surface area (Å²) < 4.78 is 14.4. The molecule has 2 aromatic carbocycles. The van der Waals surface area contributed by atoms with E-state index in [0.717, 1.165) is 44.1 Å². The number of hydrogen-bond donors (Lipinski definition) is 2. The van der Waals surface area contributed by atoms with Crippen molar-refractivity contribution in [2.45, 2.75) is 105 Å². The third-order valence-corrected chi connectivity index (χ3v) is 9.75. The Morgan fingerprint density at radius 1 is 1.09 bits per heavy atom. The van der Waals surface area contributed by atoms with Crippen LogP contribution in [0.3, 0.4) is 0 Å². The summed E-state index contributed by atoms with van der Waals surface area (Å²) in [6.07, 6.45) is 5.87. The van der Waals surface area contributed by atoms with E-state index in [1.54, 1.807) is 24.3 Å². The highest BCUT2D eigenvalue weighted by Gasteiger charge is 2.53. The fourth-order valence-corrected chi connectivity index (χ4v) is 6.63. The molecule has 0 unspecified atom stereocenters. The Morgan fingerprint density at radius 3 is 2.32 bits per heavy atom. The van der Waals surface area contributed by atoms with Crippen molar-refractivity contribution in [1.82, 2.24) is 10.2 Å². The second-order valence-corrected chi connectivity index (χ2v) is 14.4. The summed E-state index contributed by atoms with van der Waals surface area (Å²) in [6.45, 7) is 13.5. The molecule has 2 aromatic rings. The van der Waals surface area contributed by atoms with Gasteiger partial charge in [0, 0.05) is 17.7 Å². The maximum atomic E-state index is 14.5. The zero-order chi connectivity index (χ0) is 32.3. The van der Waals surface area contributed by atoms with E-state index in [0.29, 0.717) is 29.2 Å². The van der Waals surface area contributed by atoms with E-state index in [9.17, 15) is 18.8 Å². The number of carboxylic acid groups (broad SMARTS) is 1. The van der Waals surface area contributed by atoms with Gasteiger partial charge in [-0.25, -0.2) is 4.39 Å². The van der Waals surface area contributed by atoms with Crippen molar-refractivity contribution >= 4 is 23.5 Å². The van der Waals surface area contributed by atoms with E-state index in [1.165, 1.54) is 12.1 Å². The molecule has 0 saturated heterocycles. The van der Waals surface area contributed by atoms with Crippen molar-refractivity contribution in [2.24, 2.45) is 21.7 Å². The molecular weight excluding hydrogens is 557 g/mol. The van der Waals surface area contributed by atoms with E-state index < -0.39 is 17.4 Å². The van der Waals surface area contributed by atoms with Crippen LogP contribution in [-0.4, -0.2) is 45.7 Å². The number of aliphatic imine (C=N–C) groups is 1. The van der Waals surface area contributed by atoms with Crippen molar-refractivity contribution in [3.8, 4) is 0 Å². The summed E-state index contributed by atoms with van der Waals surface area (Å²) in [6, 6.07) is 13.1. The summed E-state index contributed by atoms with van der Waals surface area (Å²) in [7, 11) is 0. The normalized spacial score (nSPS) is 21.3. The van der Waals surface area contributed by atoms with Gasteiger partial charge >= 0.3 is 5.97 Å². The molecule has 4 rings (SSSR count). The second-order valence-electron chi connectivity index (χ2n) is 14.4. The van der Waals surface area contributed by atoms with Gasteiger partial charge < -0.3 is 15.3 Å². The molecule has 1 aliphatic carbocycles. The molecule has 0 bridgehead atoms. The SMILES string of the molecule is CCC(C)(C)C1CCC2(CC1)N=C(c1cccc(F)c1)C(=O)N2[C@H](CCC(C)(C)C)c1ccc(C(=O)NCCC(=O)O)cc1. The largest absolute Gasteiger partial charge is 0.481 e. The highest BCUT2D eigenvalue weighted by Crippen LogP contribution is 2.51. The number of halogens is 1. The van der Waals surface area contributed by atoms with E-state index in [-0.39, 0.29) is 41.7 Å². The fourth-order valence-electron chi connectivity index (χ4n) is 6.63. The molecule has 2 N–H and O–H groups in total. The lowest BCUT2D eigenvalue weighted by atomic mass is 9.67. The van der Waals surface area contributed by atoms with Gasteiger partial charge in [0.2, 0.25) is 0 Å². The number of aliphatic carboxylic acids is 1. The van der Waals surface area contributed by atoms with Gasteiger partial charge in [-0.05, 0) is 85.1 Å². The lowest BCUT2D eigenvalue weighted by molar-refractivity contribution is -0.137. The molecule has 7 nitrogen and oxygen atoms in total.